The maximum absolute atomic E-state index is 9.46. The molecule has 0 aliphatic rings. The molecule has 2 nitrogen and oxygen atoms in total. The Kier molecular flexibility index (Phi) is 9.83. The molecule has 0 spiro atoms. The van der Waals surface area contributed by atoms with Gasteiger partial charge >= 0.3 is 18.9 Å². The van der Waals surface area contributed by atoms with Crippen LogP contribution in [0.1, 0.15) is 6.42 Å². The zero-order valence-electron chi connectivity index (χ0n) is 4.11. The second kappa shape index (κ2) is 6.55. The number of carbonyl (C=O) groups is 1. The Balaban J connectivity index is 0. The molecule has 0 bridgehead atoms. The van der Waals surface area contributed by atoms with E-state index in [0.29, 0.717) is 5.33 Å². The molecule has 0 unspecified atom stereocenters. The molecule has 36 valence electrons. The van der Waals surface area contributed by atoms with Crippen molar-refractivity contribution in [3.05, 3.63) is 0 Å². The maximum Gasteiger partial charge on any atom is 1.00 e. The van der Waals surface area contributed by atoms with Gasteiger partial charge in [0, 0.05) is 11.3 Å². The minimum atomic E-state index is -1.01. The van der Waals surface area contributed by atoms with Gasteiger partial charge in [0.1, 0.15) is 0 Å². The summed E-state index contributed by atoms with van der Waals surface area (Å²) in [5.74, 6) is -1.01. The van der Waals surface area contributed by atoms with E-state index in [1.807, 2.05) is 0 Å². The van der Waals surface area contributed by atoms with E-state index in [1.165, 1.54) is 0 Å². The SMILES string of the molecule is O=C([O-])CCBr.[Li+]. The summed E-state index contributed by atoms with van der Waals surface area (Å²) in [4.78, 5) is 9.46. The maximum atomic E-state index is 9.46. The van der Waals surface area contributed by atoms with E-state index in [-0.39, 0.29) is 25.3 Å². The summed E-state index contributed by atoms with van der Waals surface area (Å²) in [7, 11) is 0. The molecule has 0 amide bonds. The fourth-order valence-corrected chi connectivity index (χ4v) is 0.401. The van der Waals surface area contributed by atoms with Crippen LogP contribution in [0.5, 0.6) is 0 Å². The van der Waals surface area contributed by atoms with Crippen molar-refractivity contribution in [2.24, 2.45) is 0 Å². The molecule has 0 saturated heterocycles. The van der Waals surface area contributed by atoms with Crippen LogP contribution >= 0.6 is 15.9 Å². The van der Waals surface area contributed by atoms with Gasteiger partial charge in [0.15, 0.2) is 0 Å². The average Bonchev–Trinajstić information content (AvgIpc) is 1.35. The van der Waals surface area contributed by atoms with Crippen LogP contribution in [-0.4, -0.2) is 11.3 Å². The van der Waals surface area contributed by atoms with E-state index in [1.54, 1.807) is 0 Å². The van der Waals surface area contributed by atoms with Gasteiger partial charge in [0.2, 0.25) is 0 Å². The van der Waals surface area contributed by atoms with Gasteiger partial charge < -0.3 is 9.90 Å². The van der Waals surface area contributed by atoms with Gasteiger partial charge in [-0.2, -0.15) is 0 Å². The third-order valence-corrected chi connectivity index (χ3v) is 0.695. The molecular formula is C3H4BrLiO2. The van der Waals surface area contributed by atoms with Crippen LogP contribution in [0, 0.1) is 0 Å². The van der Waals surface area contributed by atoms with E-state index in [4.69, 9.17) is 0 Å². The Labute approximate surface area is 62.6 Å². The van der Waals surface area contributed by atoms with Gasteiger partial charge in [-0.15, -0.1) is 0 Å². The summed E-state index contributed by atoms with van der Waals surface area (Å²) in [6, 6.07) is 0. The number of halogens is 1. The molecule has 0 aromatic rings. The zero-order valence-corrected chi connectivity index (χ0v) is 5.69. The van der Waals surface area contributed by atoms with Crippen molar-refractivity contribution >= 4 is 21.9 Å². The molecule has 0 N–H and O–H groups in total. The molecule has 4 heteroatoms. The van der Waals surface area contributed by atoms with Crippen molar-refractivity contribution in [1.82, 2.24) is 0 Å². The second-order valence-electron chi connectivity index (χ2n) is 0.811. The Hall–Kier alpha value is 0.547. The summed E-state index contributed by atoms with van der Waals surface area (Å²) in [6.45, 7) is 0. The number of hydrogen-bond donors (Lipinski definition) is 0. The fraction of sp³-hybridized carbons (Fsp3) is 0.667. The second-order valence-corrected chi connectivity index (χ2v) is 1.60. The predicted octanol–water partition coefficient (Wildman–Crippen LogP) is -3.47. The predicted molar refractivity (Wildman–Crippen MR) is 23.4 cm³/mol. The Morgan fingerprint density at radius 2 is 2.14 bits per heavy atom. The number of rotatable bonds is 2. The van der Waals surface area contributed by atoms with E-state index in [9.17, 15) is 9.90 Å². The average molecular weight is 159 g/mol. The van der Waals surface area contributed by atoms with Gasteiger partial charge in [-0.05, 0) is 6.42 Å². The van der Waals surface area contributed by atoms with E-state index in [2.05, 4.69) is 15.9 Å². The van der Waals surface area contributed by atoms with Crippen molar-refractivity contribution in [2.45, 2.75) is 6.42 Å². The van der Waals surface area contributed by atoms with Crippen LogP contribution in [0.3, 0.4) is 0 Å². The number of carboxylic acids is 1. The number of aliphatic carboxylic acids is 1. The molecule has 0 aliphatic carbocycles. The molecule has 0 fully saturated rings. The van der Waals surface area contributed by atoms with Gasteiger partial charge in [0.25, 0.3) is 0 Å². The van der Waals surface area contributed by atoms with Gasteiger partial charge in [-0.25, -0.2) is 0 Å². The third kappa shape index (κ3) is 10.8. The van der Waals surface area contributed by atoms with Crippen LogP contribution in [0.2, 0.25) is 0 Å². The summed E-state index contributed by atoms with van der Waals surface area (Å²) in [5, 5.41) is 9.94. The van der Waals surface area contributed by atoms with Gasteiger partial charge in [-0.1, -0.05) is 15.9 Å². The smallest absolute Gasteiger partial charge is 0.550 e. The standard InChI is InChI=1S/C3H5BrO2.Li/c4-2-1-3(5)6;/h1-2H2,(H,5,6);/q;+1/p-1. The van der Waals surface area contributed by atoms with Crippen molar-refractivity contribution in [3.8, 4) is 0 Å². The third-order valence-electron chi connectivity index (χ3n) is 0.299. The quantitative estimate of drug-likeness (QED) is 0.310. The van der Waals surface area contributed by atoms with E-state index in [0.717, 1.165) is 0 Å². The fourth-order valence-electron chi connectivity index (χ4n) is 0.0772. The van der Waals surface area contributed by atoms with Crippen molar-refractivity contribution in [2.75, 3.05) is 5.33 Å². The van der Waals surface area contributed by atoms with Gasteiger partial charge in [-0.3, -0.25) is 0 Å². The number of carboxylic acid groups (broad SMARTS) is 1. The molecule has 0 aliphatic heterocycles. The minimum absolute atomic E-state index is 0. The molecule has 0 rings (SSSR count). The molecular weight excluding hydrogens is 155 g/mol. The molecule has 0 heterocycles. The summed E-state index contributed by atoms with van der Waals surface area (Å²) >= 11 is 2.93. The molecule has 0 saturated carbocycles. The zero-order chi connectivity index (χ0) is 4.99. The summed E-state index contributed by atoms with van der Waals surface area (Å²) < 4.78 is 0. The molecule has 0 radical (unpaired) electrons. The van der Waals surface area contributed by atoms with Crippen LogP contribution in [-0.2, 0) is 4.79 Å². The topological polar surface area (TPSA) is 40.1 Å². The first-order valence-electron chi connectivity index (χ1n) is 1.53. The Morgan fingerprint density at radius 1 is 1.71 bits per heavy atom. The van der Waals surface area contributed by atoms with Crippen LogP contribution < -0.4 is 24.0 Å². The van der Waals surface area contributed by atoms with Gasteiger partial charge in [0.05, 0.1) is 0 Å². The minimum Gasteiger partial charge on any atom is -0.550 e. The first kappa shape index (κ1) is 10.5. The Morgan fingerprint density at radius 3 is 2.14 bits per heavy atom. The first-order valence-corrected chi connectivity index (χ1v) is 2.65. The summed E-state index contributed by atoms with van der Waals surface area (Å²) in [5.41, 5.74) is 0. The monoisotopic (exact) mass is 158 g/mol. The Bertz CT molecular complexity index is 56.9. The number of carbonyl (C=O) groups excluding carboxylic acids is 1. The molecule has 7 heavy (non-hydrogen) atoms. The van der Waals surface area contributed by atoms with Crippen molar-refractivity contribution in [1.29, 1.82) is 0 Å². The molecule has 0 aromatic heterocycles. The van der Waals surface area contributed by atoms with Crippen LogP contribution in [0.4, 0.5) is 0 Å². The number of alkyl halides is 1. The first-order chi connectivity index (χ1) is 2.77. The largest absolute Gasteiger partial charge is 1.00 e. The van der Waals surface area contributed by atoms with Crippen LogP contribution in [0.15, 0.2) is 0 Å². The van der Waals surface area contributed by atoms with Crippen molar-refractivity contribution in [3.63, 3.8) is 0 Å². The van der Waals surface area contributed by atoms with Crippen LogP contribution in [0.25, 0.3) is 0 Å². The van der Waals surface area contributed by atoms with Crippen molar-refractivity contribution < 1.29 is 28.8 Å². The normalized spacial score (nSPS) is 7.00. The molecule has 0 aromatic carbocycles. The van der Waals surface area contributed by atoms with E-state index >= 15 is 0 Å². The van der Waals surface area contributed by atoms with E-state index < -0.39 is 5.97 Å². The summed E-state index contributed by atoms with van der Waals surface area (Å²) in [6.07, 6.45) is 0.0972. The molecule has 0 atom stereocenters. The number of hydrogen-bond acceptors (Lipinski definition) is 2.